The van der Waals surface area contributed by atoms with Crippen LogP contribution < -0.4 is 0 Å². The minimum atomic E-state index is -0.669. The molecule has 0 bridgehead atoms. The average Bonchev–Trinajstić information content (AvgIpc) is 2.80. The molecule has 0 radical (unpaired) electrons. The number of hydrogen-bond acceptors (Lipinski definition) is 2. The molecular formula is C16H23NO2. The van der Waals surface area contributed by atoms with E-state index in [0.29, 0.717) is 24.4 Å². The van der Waals surface area contributed by atoms with E-state index in [1.54, 1.807) is 0 Å². The van der Waals surface area contributed by atoms with Crippen LogP contribution in [0.25, 0.3) is 0 Å². The number of benzene rings is 1. The second kappa shape index (κ2) is 6.20. The number of nitrogens with zero attached hydrogens (tertiary/aromatic N) is 1. The number of rotatable bonds is 5. The molecule has 19 heavy (non-hydrogen) atoms. The highest BCUT2D eigenvalue weighted by molar-refractivity contribution is 5.67. The Balaban J connectivity index is 2.10. The molecule has 3 nitrogen and oxygen atoms in total. The van der Waals surface area contributed by atoms with Crippen LogP contribution in [-0.4, -0.2) is 28.6 Å². The lowest BCUT2D eigenvalue weighted by molar-refractivity contribution is -0.138. The Labute approximate surface area is 115 Å². The van der Waals surface area contributed by atoms with Gasteiger partial charge >= 0.3 is 5.97 Å². The van der Waals surface area contributed by atoms with E-state index in [-0.39, 0.29) is 0 Å². The van der Waals surface area contributed by atoms with E-state index < -0.39 is 5.97 Å². The van der Waals surface area contributed by atoms with Crippen LogP contribution in [0.15, 0.2) is 30.3 Å². The Morgan fingerprint density at radius 2 is 2.11 bits per heavy atom. The van der Waals surface area contributed by atoms with Gasteiger partial charge in [-0.15, -0.1) is 0 Å². The van der Waals surface area contributed by atoms with Crippen molar-refractivity contribution in [3.63, 3.8) is 0 Å². The summed E-state index contributed by atoms with van der Waals surface area (Å²) in [5, 5.41) is 9.01. The van der Waals surface area contributed by atoms with Gasteiger partial charge in [-0.05, 0) is 37.8 Å². The molecule has 1 aliphatic heterocycles. The summed E-state index contributed by atoms with van der Waals surface area (Å²) in [5.74, 6) is -0.369. The van der Waals surface area contributed by atoms with Gasteiger partial charge in [0.05, 0.1) is 0 Å². The van der Waals surface area contributed by atoms with Gasteiger partial charge < -0.3 is 5.11 Å². The average molecular weight is 261 g/mol. The van der Waals surface area contributed by atoms with Crippen LogP contribution in [0.1, 0.15) is 44.7 Å². The maximum atomic E-state index is 10.9. The van der Waals surface area contributed by atoms with Crippen molar-refractivity contribution in [2.75, 3.05) is 6.54 Å². The maximum absolute atomic E-state index is 10.9. The first-order chi connectivity index (χ1) is 9.13. The predicted octanol–water partition coefficient (Wildman–Crippen LogP) is 3.32. The summed E-state index contributed by atoms with van der Waals surface area (Å²) in [7, 11) is 0. The fourth-order valence-corrected chi connectivity index (χ4v) is 3.38. The fraction of sp³-hybridized carbons (Fsp3) is 0.562. The molecule has 1 N–H and O–H groups in total. The third-order valence-electron chi connectivity index (χ3n) is 4.36. The number of likely N-dealkylation sites (tertiary alicyclic amines) is 1. The first-order valence-corrected chi connectivity index (χ1v) is 7.16. The van der Waals surface area contributed by atoms with Crippen molar-refractivity contribution in [2.45, 2.75) is 45.2 Å². The predicted molar refractivity (Wildman–Crippen MR) is 76.0 cm³/mol. The van der Waals surface area contributed by atoms with Gasteiger partial charge in [-0.25, -0.2) is 0 Å². The van der Waals surface area contributed by atoms with Crippen LogP contribution in [0.4, 0.5) is 0 Å². The number of hydrogen-bond donors (Lipinski definition) is 1. The lowest BCUT2D eigenvalue weighted by atomic mass is 9.94. The molecule has 1 aromatic carbocycles. The topological polar surface area (TPSA) is 40.5 Å². The third kappa shape index (κ3) is 3.16. The van der Waals surface area contributed by atoms with E-state index in [1.165, 1.54) is 5.56 Å². The summed E-state index contributed by atoms with van der Waals surface area (Å²) in [6.45, 7) is 5.39. The van der Waals surface area contributed by atoms with Crippen molar-refractivity contribution in [3.05, 3.63) is 35.9 Å². The molecule has 1 fully saturated rings. The molecule has 2 rings (SSSR count). The summed E-state index contributed by atoms with van der Waals surface area (Å²) in [5.41, 5.74) is 1.32. The SMILES string of the molecule is CCC1[C@H](CC(=O)O)CCN1[C@@H](C)c1ccccc1. The Hall–Kier alpha value is -1.35. The molecule has 104 valence electrons. The zero-order chi connectivity index (χ0) is 13.8. The van der Waals surface area contributed by atoms with E-state index in [9.17, 15) is 4.79 Å². The highest BCUT2D eigenvalue weighted by Gasteiger charge is 2.36. The van der Waals surface area contributed by atoms with Crippen molar-refractivity contribution < 1.29 is 9.90 Å². The molecule has 1 aliphatic rings. The summed E-state index contributed by atoms with van der Waals surface area (Å²) >= 11 is 0. The molecule has 0 amide bonds. The molecule has 0 spiro atoms. The minimum absolute atomic E-state index is 0.300. The number of carboxylic acids is 1. The van der Waals surface area contributed by atoms with E-state index in [2.05, 4.69) is 43.0 Å². The Morgan fingerprint density at radius 1 is 1.42 bits per heavy atom. The highest BCUT2D eigenvalue weighted by Crippen LogP contribution is 2.35. The smallest absolute Gasteiger partial charge is 0.303 e. The van der Waals surface area contributed by atoms with Crippen LogP contribution in [0.3, 0.4) is 0 Å². The van der Waals surface area contributed by atoms with Gasteiger partial charge in [0.2, 0.25) is 0 Å². The van der Waals surface area contributed by atoms with Crippen molar-refractivity contribution >= 4 is 5.97 Å². The second-order valence-electron chi connectivity index (χ2n) is 5.45. The normalized spacial score (nSPS) is 25.4. The standard InChI is InChI=1S/C16H23NO2/c1-3-15-14(11-16(18)19)9-10-17(15)12(2)13-7-5-4-6-8-13/h4-8,12,14-15H,3,9-11H2,1-2H3,(H,18,19)/t12-,14-,15?/m0/s1. The highest BCUT2D eigenvalue weighted by atomic mass is 16.4. The van der Waals surface area contributed by atoms with Crippen LogP contribution in [0.5, 0.6) is 0 Å². The quantitative estimate of drug-likeness (QED) is 0.884. The lowest BCUT2D eigenvalue weighted by Crippen LogP contribution is -2.35. The number of aliphatic carboxylic acids is 1. The Morgan fingerprint density at radius 3 is 2.68 bits per heavy atom. The van der Waals surface area contributed by atoms with Gasteiger partial charge in [-0.1, -0.05) is 37.3 Å². The summed E-state index contributed by atoms with van der Waals surface area (Å²) in [6, 6.07) is 11.2. The van der Waals surface area contributed by atoms with E-state index in [1.807, 2.05) is 6.07 Å². The largest absolute Gasteiger partial charge is 0.481 e. The van der Waals surface area contributed by atoms with Crippen LogP contribution in [0.2, 0.25) is 0 Å². The molecule has 1 aromatic rings. The molecule has 1 saturated heterocycles. The van der Waals surface area contributed by atoms with Crippen molar-refractivity contribution in [1.82, 2.24) is 4.90 Å². The molecular weight excluding hydrogens is 238 g/mol. The number of carboxylic acid groups (broad SMARTS) is 1. The second-order valence-corrected chi connectivity index (χ2v) is 5.45. The maximum Gasteiger partial charge on any atom is 0.303 e. The number of carbonyl (C=O) groups is 1. The first kappa shape index (κ1) is 14.1. The third-order valence-corrected chi connectivity index (χ3v) is 4.36. The van der Waals surface area contributed by atoms with Crippen molar-refractivity contribution in [2.24, 2.45) is 5.92 Å². The van der Waals surface area contributed by atoms with Crippen LogP contribution in [0, 0.1) is 5.92 Å². The van der Waals surface area contributed by atoms with Crippen molar-refractivity contribution in [1.29, 1.82) is 0 Å². The van der Waals surface area contributed by atoms with Crippen molar-refractivity contribution in [3.8, 4) is 0 Å². The minimum Gasteiger partial charge on any atom is -0.481 e. The molecule has 1 unspecified atom stereocenters. The zero-order valence-corrected chi connectivity index (χ0v) is 11.7. The van der Waals surface area contributed by atoms with E-state index in [4.69, 9.17) is 5.11 Å². The Kier molecular flexibility index (Phi) is 4.59. The monoisotopic (exact) mass is 261 g/mol. The molecule has 3 atom stereocenters. The van der Waals surface area contributed by atoms with E-state index >= 15 is 0 Å². The molecule has 0 aliphatic carbocycles. The van der Waals surface area contributed by atoms with Gasteiger partial charge in [0.25, 0.3) is 0 Å². The van der Waals surface area contributed by atoms with Gasteiger partial charge in [0.15, 0.2) is 0 Å². The van der Waals surface area contributed by atoms with Crippen LogP contribution in [-0.2, 0) is 4.79 Å². The Bertz CT molecular complexity index is 418. The lowest BCUT2D eigenvalue weighted by Gasteiger charge is -2.32. The van der Waals surface area contributed by atoms with Gasteiger partial charge in [0, 0.05) is 18.5 Å². The zero-order valence-electron chi connectivity index (χ0n) is 11.7. The summed E-state index contributed by atoms with van der Waals surface area (Å²) in [4.78, 5) is 13.4. The van der Waals surface area contributed by atoms with Gasteiger partial charge in [0.1, 0.15) is 0 Å². The van der Waals surface area contributed by atoms with Gasteiger partial charge in [-0.2, -0.15) is 0 Å². The van der Waals surface area contributed by atoms with Crippen LogP contribution >= 0.6 is 0 Å². The first-order valence-electron chi connectivity index (χ1n) is 7.16. The summed E-state index contributed by atoms with van der Waals surface area (Å²) in [6.07, 6.45) is 2.33. The molecule has 0 aromatic heterocycles. The van der Waals surface area contributed by atoms with Gasteiger partial charge in [-0.3, -0.25) is 9.69 Å². The summed E-state index contributed by atoms with van der Waals surface area (Å²) < 4.78 is 0. The van der Waals surface area contributed by atoms with E-state index in [0.717, 1.165) is 19.4 Å². The molecule has 3 heteroatoms. The molecule has 1 heterocycles. The molecule has 0 saturated carbocycles. The fourth-order valence-electron chi connectivity index (χ4n) is 3.38.